The molecule has 12 rings (SSSR count). The molecule has 3 aliphatic rings. The van der Waals surface area contributed by atoms with Crippen molar-refractivity contribution in [3.8, 4) is 0 Å². The number of halogens is 3. The van der Waals surface area contributed by atoms with E-state index in [9.17, 15) is 47.0 Å². The minimum atomic E-state index is -1.15. The van der Waals surface area contributed by atoms with Crippen LogP contribution in [-0.4, -0.2) is 168 Å². The minimum Gasteiger partial charge on any atom is -0.476 e. The number of carbonyl (C=O) groups is 6. The maximum atomic E-state index is 13.6. The lowest BCUT2D eigenvalue weighted by atomic mass is 10.1. The molecule has 0 bridgehead atoms. The number of hydrogen-bond donors (Lipinski definition) is 7. The van der Waals surface area contributed by atoms with Crippen LogP contribution in [0.4, 0.5) is 40.6 Å². The van der Waals surface area contributed by atoms with Gasteiger partial charge in [-0.25, -0.2) is 57.5 Å². The number of ether oxygens (including phenoxy) is 2. The molecule has 560 valence electrons. The van der Waals surface area contributed by atoms with Gasteiger partial charge in [-0.05, 0) is 161 Å². The van der Waals surface area contributed by atoms with Gasteiger partial charge in [-0.2, -0.15) is 15.0 Å². The van der Waals surface area contributed by atoms with Crippen molar-refractivity contribution in [3.63, 3.8) is 0 Å². The highest BCUT2D eigenvalue weighted by Gasteiger charge is 2.33. The van der Waals surface area contributed by atoms with Crippen LogP contribution in [-0.2, 0) is 14.3 Å². The molecule has 2 aliphatic heterocycles. The number of aromatic nitrogens is 12. The van der Waals surface area contributed by atoms with Crippen LogP contribution in [0.15, 0.2) is 55.4 Å². The van der Waals surface area contributed by atoms with Crippen LogP contribution >= 0.6 is 34.0 Å². The number of pyridine rings is 3. The fourth-order valence-corrected chi connectivity index (χ4v) is 14.0. The molecular formula is C70H87F3N20O9S3. The number of nitrogens with zero attached hydrogens (tertiary/aromatic N) is 14. The summed E-state index contributed by atoms with van der Waals surface area (Å²) < 4.78 is 52.5. The zero-order valence-electron chi connectivity index (χ0n) is 60.7. The van der Waals surface area contributed by atoms with Gasteiger partial charge in [0.1, 0.15) is 42.8 Å². The number of alkyl carbamates (subject to hydrolysis) is 2. The number of carbonyl (C=O) groups excluding carboxylic acids is 5. The predicted molar refractivity (Wildman–Crippen MR) is 393 cm³/mol. The summed E-state index contributed by atoms with van der Waals surface area (Å²) in [5.74, 6) is -1.35. The molecular weight excluding hydrogens is 1420 g/mol. The number of carboxylic acids is 1. The Hall–Kier alpha value is -10.0. The van der Waals surface area contributed by atoms with Crippen LogP contribution < -0.4 is 31.9 Å². The quantitative estimate of drug-likeness (QED) is 0.0419. The number of hydrogen-bond acceptors (Lipinski definition) is 26. The second-order valence-electron chi connectivity index (χ2n) is 27.7. The lowest BCUT2D eigenvalue weighted by Gasteiger charge is -2.21. The van der Waals surface area contributed by atoms with Gasteiger partial charge in [-0.1, -0.05) is 12.8 Å². The number of thiazole rings is 3. The van der Waals surface area contributed by atoms with E-state index in [4.69, 9.17) is 9.47 Å². The lowest BCUT2D eigenvalue weighted by Crippen LogP contribution is -2.36. The molecule has 0 unspecified atom stereocenters. The number of aromatic carboxylic acids is 1. The first-order valence-electron chi connectivity index (χ1n) is 34.3. The molecule has 2 saturated heterocycles. The zero-order chi connectivity index (χ0) is 76.0. The summed E-state index contributed by atoms with van der Waals surface area (Å²) in [5.41, 5.74) is 2.58. The molecule has 29 nitrogen and oxygen atoms in total. The highest BCUT2D eigenvalue weighted by Crippen LogP contribution is 2.32. The van der Waals surface area contributed by atoms with Crippen LogP contribution in [0.25, 0.3) is 31.0 Å². The number of nitrogens with one attached hydrogen (secondary N) is 6. The number of anilines is 3. The number of likely N-dealkylation sites (tertiary alicyclic amines) is 2. The number of carboxylic acid groups (broad SMARTS) is 1. The van der Waals surface area contributed by atoms with Gasteiger partial charge < -0.3 is 56.3 Å². The summed E-state index contributed by atoms with van der Waals surface area (Å²) in [6.07, 6.45) is 14.0. The molecule has 3 fully saturated rings. The molecule has 0 radical (unpaired) electrons. The van der Waals surface area contributed by atoms with Crippen molar-refractivity contribution in [1.29, 1.82) is 0 Å². The molecule has 105 heavy (non-hydrogen) atoms. The summed E-state index contributed by atoms with van der Waals surface area (Å²) in [6.45, 7) is 27.4. The molecule has 5 amide bonds. The third kappa shape index (κ3) is 23.0. The van der Waals surface area contributed by atoms with Gasteiger partial charge in [-0.15, -0.1) is 34.0 Å². The van der Waals surface area contributed by atoms with Crippen molar-refractivity contribution in [2.24, 2.45) is 17.8 Å². The van der Waals surface area contributed by atoms with E-state index < -0.39 is 35.1 Å². The van der Waals surface area contributed by atoms with Crippen LogP contribution in [0.2, 0.25) is 0 Å². The number of fused-ring (bicyclic) bond motifs is 3. The van der Waals surface area contributed by atoms with E-state index in [1.54, 1.807) is 36.0 Å². The average molecular weight is 1510 g/mol. The van der Waals surface area contributed by atoms with Gasteiger partial charge in [0, 0.05) is 71.3 Å². The van der Waals surface area contributed by atoms with Crippen LogP contribution in [0.5, 0.6) is 0 Å². The second kappa shape index (κ2) is 35.2. The third-order valence-corrected chi connectivity index (χ3v) is 19.4. The minimum absolute atomic E-state index is 0.0780. The second-order valence-corrected chi connectivity index (χ2v) is 31.3. The first-order valence-corrected chi connectivity index (χ1v) is 36.7. The standard InChI is InChI=1S/C24H30FN7O3S.C21H24FN7O2S.C14H12FN5O2S.C11H21NO2/c1-13(16-8-17(25)11-26-10-16)28-22-30-18(19-20(31-22)29-14(2)36-19)21(33)32-7-6-15(12-32)9-27-23(34)35-24(3,4)5;1-11(15-6-16(22)9-23-8-15)25-21-27-17(18-19(28-21)26-13(3)32-18)20(31)29-5-4-14(10-29)7-24-12(2)30;1-6(8-3-9(15)5-16-4-8)17-14-19-10(13(21)22)11-12(20-14)18-7(2)23-11;1-11(2,3)14-10(13)12-8-9-6-4-5-7-9/h8,10-11,13,15H,6-7,9,12H2,1-5H3,(H,27,34)(H,28,30,31);6,8-9,11,14H,4-5,7,10H2,1-3H3,(H,24,30)(H,25,27,28);3-6H,1-2H3,(H,21,22)(H,17,19,20);9H,4-8H2,1-3H3,(H,12,13)/t13-,15-;11-,14-;6-;/m000./s1. The van der Waals surface area contributed by atoms with Crippen molar-refractivity contribution in [2.75, 3.05) is 61.8 Å². The third-order valence-electron chi connectivity index (χ3n) is 16.5. The lowest BCUT2D eigenvalue weighted by molar-refractivity contribution is -0.119. The van der Waals surface area contributed by atoms with Crippen molar-refractivity contribution in [2.45, 2.75) is 158 Å². The Morgan fingerprint density at radius 3 is 1.16 bits per heavy atom. The van der Waals surface area contributed by atoms with E-state index in [1.165, 1.54) is 91.0 Å². The highest BCUT2D eigenvalue weighted by atomic mass is 32.1. The van der Waals surface area contributed by atoms with Gasteiger partial charge in [0.2, 0.25) is 23.8 Å². The van der Waals surface area contributed by atoms with Crippen molar-refractivity contribution in [1.82, 2.24) is 85.6 Å². The Bertz CT molecular complexity index is 4590. The maximum absolute atomic E-state index is 13.6. The fraction of sp³-hybridized carbons (Fsp3) is 0.486. The van der Waals surface area contributed by atoms with Crippen molar-refractivity contribution in [3.05, 3.63) is 122 Å². The molecule has 11 heterocycles. The summed E-state index contributed by atoms with van der Waals surface area (Å²) in [6, 6.07) is 3.10. The van der Waals surface area contributed by atoms with Gasteiger partial charge in [0.15, 0.2) is 34.0 Å². The van der Waals surface area contributed by atoms with Crippen molar-refractivity contribution < 1.29 is 56.5 Å². The molecule has 0 spiro atoms. The van der Waals surface area contributed by atoms with E-state index in [1.807, 2.05) is 69.2 Å². The predicted octanol–water partition coefficient (Wildman–Crippen LogP) is 12.3. The van der Waals surface area contributed by atoms with E-state index in [2.05, 4.69) is 91.7 Å². The normalized spacial score (nSPS) is 16.0. The monoisotopic (exact) mass is 1500 g/mol. The number of rotatable bonds is 18. The van der Waals surface area contributed by atoms with Gasteiger partial charge >= 0.3 is 18.2 Å². The molecule has 5 atom stereocenters. The Morgan fingerprint density at radius 1 is 0.495 bits per heavy atom. The molecule has 0 aromatic carbocycles. The maximum Gasteiger partial charge on any atom is 0.407 e. The van der Waals surface area contributed by atoms with E-state index in [-0.39, 0.29) is 88.6 Å². The van der Waals surface area contributed by atoms with Gasteiger partial charge in [0.25, 0.3) is 11.8 Å². The van der Waals surface area contributed by atoms with E-state index in [0.717, 1.165) is 48.0 Å². The fourth-order valence-electron chi connectivity index (χ4n) is 11.5. The largest absolute Gasteiger partial charge is 0.476 e. The Labute approximate surface area is 616 Å². The van der Waals surface area contributed by atoms with Gasteiger partial charge in [0.05, 0.1) is 51.7 Å². The molecule has 9 aromatic rings. The summed E-state index contributed by atoms with van der Waals surface area (Å²) in [7, 11) is 0. The molecule has 35 heteroatoms. The number of aryl methyl sites for hydroxylation is 3. The van der Waals surface area contributed by atoms with Crippen molar-refractivity contribution >= 4 is 119 Å². The molecule has 1 saturated carbocycles. The summed E-state index contributed by atoms with van der Waals surface area (Å²) in [4.78, 5) is 127. The SMILES string of the molecule is CC(=O)NC[C@@H]1CCN(C(=O)c2nc(N[C@@H](C)c3cncc(F)c3)nc3nc(C)sc23)C1.CC(C)(C)OC(=O)NCC1CCCC1.Cc1nc2nc(N[C@@H](C)c3cncc(F)c3)nc(C(=O)N3CC[C@@H](CNC(=O)OC(C)(C)C)C3)c2s1.Cc1nc2nc(N[C@@H](C)c3cncc(F)c3)nc(C(=O)O)c2s1. The van der Waals surface area contributed by atoms with E-state index >= 15 is 0 Å². The zero-order valence-corrected chi connectivity index (χ0v) is 63.1. The van der Waals surface area contributed by atoms with Crippen LogP contribution in [0.1, 0.15) is 189 Å². The van der Waals surface area contributed by atoms with E-state index in [0.29, 0.717) is 104 Å². The molecule has 1 aliphatic carbocycles. The smallest absolute Gasteiger partial charge is 0.407 e. The highest BCUT2D eigenvalue weighted by molar-refractivity contribution is 7.19. The Kier molecular flexibility index (Phi) is 26.5. The molecule has 9 aromatic heterocycles. The van der Waals surface area contributed by atoms with Crippen LogP contribution in [0, 0.1) is 56.0 Å². The average Bonchev–Trinajstić information content (AvgIpc) is 1.69. The van der Waals surface area contributed by atoms with Crippen LogP contribution in [0.3, 0.4) is 0 Å². The Balaban J connectivity index is 0.000000170. The number of amides is 5. The first kappa shape index (κ1) is 79.1. The van der Waals surface area contributed by atoms with Gasteiger partial charge in [-0.3, -0.25) is 29.3 Å². The summed E-state index contributed by atoms with van der Waals surface area (Å²) >= 11 is 3.97. The summed E-state index contributed by atoms with van der Waals surface area (Å²) in [5, 5.41) is 29.2. The first-order chi connectivity index (χ1) is 49.7. The topological polar surface area (TPSA) is 374 Å². The Morgan fingerprint density at radius 2 is 0.829 bits per heavy atom. The molecule has 7 N–H and O–H groups in total.